The molecular formula is C28H30ClN5O2. The van der Waals surface area contributed by atoms with Crippen LogP contribution in [0.25, 0.3) is 22.2 Å². The van der Waals surface area contributed by atoms with Crippen molar-refractivity contribution in [2.45, 2.75) is 44.7 Å². The molecule has 2 heterocycles. The van der Waals surface area contributed by atoms with Crippen molar-refractivity contribution in [3.8, 4) is 11.3 Å². The number of nitrogens with one attached hydrogen (secondary N) is 2. The minimum absolute atomic E-state index is 0.0887. The summed E-state index contributed by atoms with van der Waals surface area (Å²) in [4.78, 5) is 20.2. The number of benzene rings is 2. The number of anilines is 2. The first-order valence-corrected chi connectivity index (χ1v) is 12.6. The Hall–Kier alpha value is -3.58. The van der Waals surface area contributed by atoms with Gasteiger partial charge < -0.3 is 20.1 Å². The summed E-state index contributed by atoms with van der Waals surface area (Å²) < 4.78 is 5.37. The second kappa shape index (κ2) is 10.2. The van der Waals surface area contributed by atoms with E-state index in [1.165, 1.54) is 0 Å². The molecule has 0 bridgehead atoms. The second-order valence-electron chi connectivity index (χ2n) is 9.55. The minimum Gasteiger partial charge on any atom is -0.377 e. The molecule has 0 spiro atoms. The Morgan fingerprint density at radius 3 is 2.47 bits per heavy atom. The molecule has 4 aromatic rings. The van der Waals surface area contributed by atoms with Gasteiger partial charge in [0.25, 0.3) is 5.91 Å². The molecule has 0 saturated heterocycles. The number of hydrogen-bond donors (Lipinski definition) is 2. The van der Waals surface area contributed by atoms with Crippen molar-refractivity contribution < 1.29 is 9.32 Å². The van der Waals surface area contributed by atoms with Crippen LogP contribution in [0.15, 0.2) is 59.1 Å². The van der Waals surface area contributed by atoms with Crippen LogP contribution in [0.1, 0.15) is 41.8 Å². The van der Waals surface area contributed by atoms with Crippen LogP contribution >= 0.6 is 11.6 Å². The van der Waals surface area contributed by atoms with Crippen LogP contribution in [0, 0.1) is 6.92 Å². The number of rotatable bonds is 6. The molecule has 0 radical (unpaired) electrons. The van der Waals surface area contributed by atoms with Gasteiger partial charge in [-0.15, -0.1) is 0 Å². The molecule has 1 aliphatic carbocycles. The molecule has 5 rings (SSSR count). The first-order chi connectivity index (χ1) is 17.4. The summed E-state index contributed by atoms with van der Waals surface area (Å²) in [7, 11) is 4.10. The van der Waals surface area contributed by atoms with Crippen LogP contribution in [0.5, 0.6) is 0 Å². The third-order valence-corrected chi connectivity index (χ3v) is 7.14. The van der Waals surface area contributed by atoms with Crippen LogP contribution in [0.3, 0.4) is 0 Å². The number of hydrogen-bond acceptors (Lipinski definition) is 6. The molecule has 7 nitrogen and oxygen atoms in total. The molecule has 1 fully saturated rings. The zero-order chi connectivity index (χ0) is 25.2. The van der Waals surface area contributed by atoms with Gasteiger partial charge in [0.2, 0.25) is 0 Å². The number of carbonyl (C=O) groups excluding carboxylic acids is 1. The predicted molar refractivity (Wildman–Crippen MR) is 145 cm³/mol. The van der Waals surface area contributed by atoms with E-state index in [0.717, 1.165) is 48.1 Å². The lowest BCUT2D eigenvalue weighted by atomic mass is 9.90. The normalized spacial score (nSPS) is 17.7. The van der Waals surface area contributed by atoms with E-state index in [0.29, 0.717) is 33.6 Å². The number of carbonyl (C=O) groups is 1. The van der Waals surface area contributed by atoms with E-state index in [2.05, 4.69) is 32.8 Å². The van der Waals surface area contributed by atoms with Gasteiger partial charge in [-0.1, -0.05) is 53.2 Å². The summed E-state index contributed by atoms with van der Waals surface area (Å²) in [6, 6.07) is 18.0. The first-order valence-electron chi connectivity index (χ1n) is 12.3. The molecule has 36 heavy (non-hydrogen) atoms. The Kier molecular flexibility index (Phi) is 6.83. The Balaban J connectivity index is 1.24. The Labute approximate surface area is 215 Å². The molecule has 186 valence electrons. The van der Waals surface area contributed by atoms with Crippen LogP contribution < -0.4 is 15.5 Å². The second-order valence-corrected chi connectivity index (χ2v) is 9.95. The maximum atomic E-state index is 13.2. The van der Waals surface area contributed by atoms with Crippen molar-refractivity contribution in [3.63, 3.8) is 0 Å². The number of fused-ring (bicyclic) bond motifs is 1. The van der Waals surface area contributed by atoms with E-state index >= 15 is 0 Å². The number of nitrogens with zero attached hydrogens (tertiary/aromatic N) is 3. The highest BCUT2D eigenvalue weighted by molar-refractivity contribution is 6.33. The summed E-state index contributed by atoms with van der Waals surface area (Å²) in [6.07, 6.45) is 3.64. The Morgan fingerprint density at radius 1 is 1.03 bits per heavy atom. The minimum atomic E-state index is -0.174. The van der Waals surface area contributed by atoms with Gasteiger partial charge >= 0.3 is 0 Å². The van der Waals surface area contributed by atoms with E-state index in [4.69, 9.17) is 21.1 Å². The lowest BCUT2D eigenvalue weighted by Gasteiger charge is -2.30. The van der Waals surface area contributed by atoms with E-state index < -0.39 is 0 Å². The number of amides is 1. The molecule has 0 atom stereocenters. The zero-order valence-corrected chi connectivity index (χ0v) is 21.5. The highest BCUT2D eigenvalue weighted by atomic mass is 35.5. The van der Waals surface area contributed by atoms with Gasteiger partial charge in [0.1, 0.15) is 22.8 Å². The van der Waals surface area contributed by atoms with E-state index in [1.807, 2.05) is 50.5 Å². The number of pyridine rings is 1. The quantitative estimate of drug-likeness (QED) is 0.332. The summed E-state index contributed by atoms with van der Waals surface area (Å²) in [5, 5.41) is 12.6. The number of para-hydroxylation sites is 1. The molecular weight excluding hydrogens is 474 g/mol. The third kappa shape index (κ3) is 4.88. The van der Waals surface area contributed by atoms with Gasteiger partial charge in [0.05, 0.1) is 10.5 Å². The van der Waals surface area contributed by atoms with Crippen LogP contribution in [0.2, 0.25) is 5.02 Å². The highest BCUT2D eigenvalue weighted by Crippen LogP contribution is 2.32. The molecule has 1 amide bonds. The van der Waals surface area contributed by atoms with Crippen molar-refractivity contribution >= 4 is 39.9 Å². The summed E-state index contributed by atoms with van der Waals surface area (Å²) in [6.45, 7) is 1.75. The van der Waals surface area contributed by atoms with Gasteiger partial charge in [0, 0.05) is 48.9 Å². The maximum absolute atomic E-state index is 13.2. The maximum Gasteiger partial charge on any atom is 0.257 e. The van der Waals surface area contributed by atoms with Gasteiger partial charge in [-0.2, -0.15) is 0 Å². The molecule has 2 aromatic heterocycles. The van der Waals surface area contributed by atoms with Crippen molar-refractivity contribution in [2.75, 3.05) is 24.3 Å². The van der Waals surface area contributed by atoms with Crippen molar-refractivity contribution in [2.24, 2.45) is 0 Å². The predicted octanol–water partition coefficient (Wildman–Crippen LogP) is 6.07. The molecule has 0 aliphatic heterocycles. The topological polar surface area (TPSA) is 83.3 Å². The average molecular weight is 504 g/mol. The Morgan fingerprint density at radius 2 is 1.72 bits per heavy atom. The Bertz CT molecular complexity index is 1390. The lowest BCUT2D eigenvalue weighted by Crippen LogP contribution is -2.40. The van der Waals surface area contributed by atoms with E-state index in [9.17, 15) is 4.79 Å². The monoisotopic (exact) mass is 503 g/mol. The van der Waals surface area contributed by atoms with Gasteiger partial charge in [-0.05, 0) is 44.7 Å². The average Bonchev–Trinajstić information content (AvgIpc) is 3.26. The number of halogens is 1. The van der Waals surface area contributed by atoms with Crippen LogP contribution in [0.4, 0.5) is 11.5 Å². The summed E-state index contributed by atoms with van der Waals surface area (Å²) in [5.41, 5.74) is 3.73. The van der Waals surface area contributed by atoms with Gasteiger partial charge in [0.15, 0.2) is 0 Å². The van der Waals surface area contributed by atoms with Crippen molar-refractivity contribution in [1.29, 1.82) is 0 Å². The van der Waals surface area contributed by atoms with Crippen LogP contribution in [-0.2, 0) is 0 Å². The highest BCUT2D eigenvalue weighted by Gasteiger charge is 2.27. The fourth-order valence-electron chi connectivity index (χ4n) is 4.93. The van der Waals surface area contributed by atoms with E-state index in [-0.39, 0.29) is 11.9 Å². The smallest absolute Gasteiger partial charge is 0.257 e. The molecule has 1 saturated carbocycles. The van der Waals surface area contributed by atoms with Gasteiger partial charge in [-0.25, -0.2) is 4.98 Å². The molecule has 1 aliphatic rings. The van der Waals surface area contributed by atoms with Crippen molar-refractivity contribution in [3.05, 3.63) is 70.9 Å². The zero-order valence-electron chi connectivity index (χ0n) is 20.7. The summed E-state index contributed by atoms with van der Waals surface area (Å²) in [5.74, 6) is 1.19. The largest absolute Gasteiger partial charge is 0.377 e. The van der Waals surface area contributed by atoms with Gasteiger partial charge in [-0.3, -0.25) is 4.79 Å². The summed E-state index contributed by atoms with van der Waals surface area (Å²) >= 11 is 6.35. The SMILES string of the molecule is Cc1onc(-c2ccccc2Cl)c1C(=O)N[C@H]1CC[C@@H](Nc2cc(N(C)C)c3ccccc3n2)CC1. The lowest BCUT2D eigenvalue weighted by molar-refractivity contribution is 0.0925. The standard InChI is InChI=1S/C28H30ClN5O2/c1-17-26(27(33-36-17)20-8-4-6-10-22(20)29)28(35)31-19-14-12-18(13-15-19)30-25-16-24(34(2)3)21-9-5-7-11-23(21)32-25/h4-11,16,18-19H,12-15H2,1-3H3,(H,30,32)(H,31,35)/t18-,19+. The van der Waals surface area contributed by atoms with E-state index in [1.54, 1.807) is 13.0 Å². The van der Waals surface area contributed by atoms with Crippen molar-refractivity contribution in [1.82, 2.24) is 15.5 Å². The molecule has 8 heteroatoms. The molecule has 2 aromatic carbocycles. The third-order valence-electron chi connectivity index (χ3n) is 6.81. The fraction of sp³-hybridized carbons (Fsp3) is 0.321. The fourth-order valence-corrected chi connectivity index (χ4v) is 5.15. The van der Waals surface area contributed by atoms with Crippen LogP contribution in [-0.4, -0.2) is 42.2 Å². The molecule has 0 unspecified atom stereocenters. The number of aromatic nitrogens is 2. The molecule has 2 N–H and O–H groups in total. The first kappa shape index (κ1) is 24.1. The number of aryl methyl sites for hydroxylation is 1.